The molecular weight excluding hydrogens is 212 g/mol. The zero-order valence-corrected chi connectivity index (χ0v) is 11.5. The number of ether oxygens (including phenoxy) is 1. The Morgan fingerprint density at radius 2 is 2.06 bits per heavy atom. The van der Waals surface area contributed by atoms with E-state index >= 15 is 0 Å². The summed E-state index contributed by atoms with van der Waals surface area (Å²) in [5.74, 6) is 0.976. The predicted molar refractivity (Wildman–Crippen MR) is 71.3 cm³/mol. The highest BCUT2D eigenvalue weighted by atomic mass is 16.5. The molecule has 0 radical (unpaired) electrons. The van der Waals surface area contributed by atoms with E-state index in [2.05, 4.69) is 24.1 Å². The Labute approximate surface area is 106 Å². The van der Waals surface area contributed by atoms with Crippen molar-refractivity contribution in [2.24, 2.45) is 5.92 Å². The van der Waals surface area contributed by atoms with Crippen LogP contribution in [0.1, 0.15) is 39.5 Å². The monoisotopic (exact) mass is 240 g/mol. The van der Waals surface area contributed by atoms with E-state index in [4.69, 9.17) is 4.74 Å². The summed E-state index contributed by atoms with van der Waals surface area (Å²) in [5, 5.41) is 3.71. The minimum atomic E-state index is 0.598. The molecule has 2 atom stereocenters. The molecule has 17 heavy (non-hydrogen) atoms. The van der Waals surface area contributed by atoms with E-state index in [0.717, 1.165) is 32.2 Å². The van der Waals surface area contributed by atoms with E-state index in [9.17, 15) is 0 Å². The second kappa shape index (κ2) is 6.72. The highest BCUT2D eigenvalue weighted by Gasteiger charge is 2.33. The van der Waals surface area contributed by atoms with Gasteiger partial charge in [-0.1, -0.05) is 13.8 Å². The molecule has 0 aromatic carbocycles. The van der Waals surface area contributed by atoms with Crippen molar-refractivity contribution in [1.82, 2.24) is 10.2 Å². The first-order valence-corrected chi connectivity index (χ1v) is 7.40. The van der Waals surface area contributed by atoms with Crippen molar-refractivity contribution in [1.29, 1.82) is 0 Å². The number of likely N-dealkylation sites (N-methyl/N-ethyl adjacent to an activating group) is 1. The zero-order valence-electron chi connectivity index (χ0n) is 11.5. The highest BCUT2D eigenvalue weighted by Crippen LogP contribution is 2.31. The SMILES string of the molecule is CCCNC1CCOCC1N(CC)CC1CC1. The van der Waals surface area contributed by atoms with E-state index in [1.165, 1.54) is 32.2 Å². The van der Waals surface area contributed by atoms with E-state index in [1.54, 1.807) is 0 Å². The average Bonchev–Trinajstić information content (AvgIpc) is 3.18. The molecule has 0 aromatic heterocycles. The summed E-state index contributed by atoms with van der Waals surface area (Å²) in [6.45, 7) is 9.96. The molecule has 0 bridgehead atoms. The van der Waals surface area contributed by atoms with Crippen molar-refractivity contribution >= 4 is 0 Å². The molecule has 2 aliphatic rings. The lowest BCUT2D eigenvalue weighted by atomic mass is 10.0. The fourth-order valence-corrected chi connectivity index (χ4v) is 2.78. The van der Waals surface area contributed by atoms with E-state index < -0.39 is 0 Å². The smallest absolute Gasteiger partial charge is 0.0637 e. The van der Waals surface area contributed by atoms with Gasteiger partial charge in [0.2, 0.25) is 0 Å². The fraction of sp³-hybridized carbons (Fsp3) is 1.00. The molecule has 0 amide bonds. The topological polar surface area (TPSA) is 24.5 Å². The van der Waals surface area contributed by atoms with Crippen molar-refractivity contribution < 1.29 is 4.74 Å². The molecule has 2 unspecified atom stereocenters. The van der Waals surface area contributed by atoms with Crippen LogP contribution in [0.25, 0.3) is 0 Å². The molecule has 2 rings (SSSR count). The van der Waals surface area contributed by atoms with Crippen molar-refractivity contribution in [2.75, 3.05) is 32.8 Å². The van der Waals surface area contributed by atoms with Gasteiger partial charge in [0.1, 0.15) is 0 Å². The summed E-state index contributed by atoms with van der Waals surface area (Å²) in [6, 6.07) is 1.24. The quantitative estimate of drug-likeness (QED) is 0.735. The Morgan fingerprint density at radius 1 is 1.24 bits per heavy atom. The molecule has 3 nitrogen and oxygen atoms in total. The molecule has 1 heterocycles. The number of rotatable bonds is 7. The first-order valence-electron chi connectivity index (χ1n) is 7.40. The first kappa shape index (κ1) is 13.3. The van der Waals surface area contributed by atoms with Crippen LogP contribution in [0.2, 0.25) is 0 Å². The molecule has 1 saturated heterocycles. The van der Waals surface area contributed by atoms with Gasteiger partial charge in [-0.15, -0.1) is 0 Å². The summed E-state index contributed by atoms with van der Waals surface area (Å²) in [7, 11) is 0. The van der Waals surface area contributed by atoms with Crippen LogP contribution < -0.4 is 5.32 Å². The molecule has 0 spiro atoms. The Bertz CT molecular complexity index is 218. The van der Waals surface area contributed by atoms with Gasteiger partial charge in [-0.25, -0.2) is 0 Å². The molecule has 0 aromatic rings. The Balaban J connectivity index is 1.87. The van der Waals surface area contributed by atoms with Crippen LogP contribution in [-0.2, 0) is 4.74 Å². The van der Waals surface area contributed by atoms with Crippen LogP contribution >= 0.6 is 0 Å². The van der Waals surface area contributed by atoms with Crippen LogP contribution in [-0.4, -0.2) is 49.8 Å². The van der Waals surface area contributed by atoms with Gasteiger partial charge in [0.05, 0.1) is 6.61 Å². The molecule has 1 saturated carbocycles. The van der Waals surface area contributed by atoms with Gasteiger partial charge >= 0.3 is 0 Å². The molecule has 3 heteroatoms. The molecule has 1 aliphatic carbocycles. The summed E-state index contributed by atoms with van der Waals surface area (Å²) in [6.07, 6.45) is 5.28. The fourth-order valence-electron chi connectivity index (χ4n) is 2.78. The van der Waals surface area contributed by atoms with E-state index in [0.29, 0.717) is 12.1 Å². The second-order valence-corrected chi connectivity index (χ2v) is 5.52. The third kappa shape index (κ3) is 3.94. The lowest BCUT2D eigenvalue weighted by Gasteiger charge is -2.40. The molecule has 2 fully saturated rings. The lowest BCUT2D eigenvalue weighted by Crippen LogP contribution is -2.55. The van der Waals surface area contributed by atoms with Crippen molar-refractivity contribution in [2.45, 2.75) is 51.6 Å². The molecule has 100 valence electrons. The predicted octanol–water partition coefficient (Wildman–Crippen LogP) is 1.88. The van der Waals surface area contributed by atoms with Gasteiger partial charge in [-0.3, -0.25) is 4.90 Å². The Kier molecular flexibility index (Phi) is 5.26. The van der Waals surface area contributed by atoms with Crippen molar-refractivity contribution in [3.63, 3.8) is 0 Å². The van der Waals surface area contributed by atoms with Gasteiger partial charge in [0.15, 0.2) is 0 Å². The Morgan fingerprint density at radius 3 is 2.71 bits per heavy atom. The largest absolute Gasteiger partial charge is 0.380 e. The standard InChI is InChI=1S/C14H28N2O/c1-3-8-15-13-7-9-17-11-14(13)16(4-2)10-12-5-6-12/h12-15H,3-11H2,1-2H3. The minimum absolute atomic E-state index is 0.598. The van der Waals surface area contributed by atoms with Crippen molar-refractivity contribution in [3.05, 3.63) is 0 Å². The molecule has 1 aliphatic heterocycles. The minimum Gasteiger partial charge on any atom is -0.380 e. The number of hydrogen-bond donors (Lipinski definition) is 1. The van der Waals surface area contributed by atoms with Crippen LogP contribution in [0.5, 0.6) is 0 Å². The van der Waals surface area contributed by atoms with Crippen molar-refractivity contribution in [3.8, 4) is 0 Å². The lowest BCUT2D eigenvalue weighted by molar-refractivity contribution is -0.00296. The summed E-state index contributed by atoms with van der Waals surface area (Å²) in [5.41, 5.74) is 0. The Hall–Kier alpha value is -0.120. The highest BCUT2D eigenvalue weighted by molar-refractivity contribution is 4.89. The number of hydrogen-bond acceptors (Lipinski definition) is 3. The van der Waals surface area contributed by atoms with Crippen LogP contribution in [0, 0.1) is 5.92 Å². The number of nitrogens with one attached hydrogen (secondary N) is 1. The van der Waals surface area contributed by atoms with Crippen LogP contribution in [0.15, 0.2) is 0 Å². The third-order valence-corrected chi connectivity index (χ3v) is 4.05. The zero-order chi connectivity index (χ0) is 12.1. The maximum Gasteiger partial charge on any atom is 0.0637 e. The van der Waals surface area contributed by atoms with Gasteiger partial charge in [-0.05, 0) is 44.7 Å². The number of nitrogens with zero attached hydrogens (tertiary/aromatic N) is 1. The first-order chi connectivity index (χ1) is 8.35. The van der Waals surface area contributed by atoms with Gasteiger partial charge in [0, 0.05) is 25.2 Å². The van der Waals surface area contributed by atoms with Gasteiger partial charge in [0.25, 0.3) is 0 Å². The third-order valence-electron chi connectivity index (χ3n) is 4.05. The molecule has 1 N–H and O–H groups in total. The van der Waals surface area contributed by atoms with E-state index in [1.807, 2.05) is 0 Å². The second-order valence-electron chi connectivity index (χ2n) is 5.52. The van der Waals surface area contributed by atoms with Crippen LogP contribution in [0.4, 0.5) is 0 Å². The van der Waals surface area contributed by atoms with E-state index in [-0.39, 0.29) is 0 Å². The maximum atomic E-state index is 5.70. The maximum absolute atomic E-state index is 5.70. The van der Waals surface area contributed by atoms with Gasteiger partial charge < -0.3 is 10.1 Å². The normalized spacial score (nSPS) is 29.8. The summed E-state index contributed by atoms with van der Waals surface area (Å²) in [4.78, 5) is 2.64. The van der Waals surface area contributed by atoms with Gasteiger partial charge in [-0.2, -0.15) is 0 Å². The van der Waals surface area contributed by atoms with Crippen LogP contribution in [0.3, 0.4) is 0 Å². The molecular formula is C14H28N2O. The summed E-state index contributed by atoms with van der Waals surface area (Å²) < 4.78 is 5.70. The summed E-state index contributed by atoms with van der Waals surface area (Å²) >= 11 is 0. The average molecular weight is 240 g/mol.